The van der Waals surface area contributed by atoms with Crippen LogP contribution in [0.15, 0.2) is 60.7 Å². The average molecular weight is 1090 g/mol. The van der Waals surface area contributed by atoms with Crippen molar-refractivity contribution in [1.29, 1.82) is 0 Å². The maximum Gasteiger partial charge on any atom is 0.407 e. The number of alkyl carbamates (subject to hydrolysis) is 1. The number of nitrogens with zero attached hydrogens (tertiary/aromatic N) is 4. The maximum atomic E-state index is 14.4. The van der Waals surface area contributed by atoms with Crippen molar-refractivity contribution in [3.05, 3.63) is 72.3 Å². The van der Waals surface area contributed by atoms with Crippen LogP contribution in [0, 0.1) is 29.1 Å². The van der Waals surface area contributed by atoms with Crippen LogP contribution >= 0.6 is 94.5 Å². The first kappa shape index (κ1) is 61.3. The molecule has 4 aliphatic rings. The Morgan fingerprint density at radius 2 is 1.30 bits per heavy atom. The quantitative estimate of drug-likeness (QED) is 0.138. The molecule has 10 rings (SSSR count). The standard InChI is InChI=1S/C51H61N7O5.7H2S/c1-28(2)30(5)48(59)57-26-51(20-9-21-63-27-51)25-42(57)47-53-39-19-15-34-23-32(13-17-37(34)45(39)55-47)31-12-16-36-33(22-31)14-18-38-44(36)54-46(52-38)41-24-35-10-7-8-11-40(35)58(41)49(60)43(29(3)4)56-50(61)62-6;;;;;;;/h12-19,22-23,28-30,35,40-43H,7-11,20-21,24-27H2,1-6H3,(H,52,54)(H,53,55)(H,56,61);7*1H2/t30-,35-,40-,41-,42-,43-,51-;;;;;;;/m0......./s1. The number of carbonyl (C=O) groups excluding carboxylic acids is 3. The van der Waals surface area contributed by atoms with Crippen LogP contribution in [0.5, 0.6) is 0 Å². The first-order valence-corrected chi connectivity index (χ1v) is 23.3. The normalized spacial score (nSPS) is 22.4. The summed E-state index contributed by atoms with van der Waals surface area (Å²) in [6.45, 7) is 12.4. The van der Waals surface area contributed by atoms with E-state index in [9.17, 15) is 14.4 Å². The smallest absolute Gasteiger partial charge is 0.407 e. The molecule has 1 spiro atoms. The summed E-state index contributed by atoms with van der Waals surface area (Å²) in [4.78, 5) is 62.6. The number of amides is 3. The number of ether oxygens (including phenoxy) is 2. The van der Waals surface area contributed by atoms with E-state index in [2.05, 4.69) is 102 Å². The first-order valence-electron chi connectivity index (χ1n) is 23.3. The van der Waals surface area contributed by atoms with Gasteiger partial charge >= 0.3 is 6.09 Å². The van der Waals surface area contributed by atoms with E-state index >= 15 is 0 Å². The number of H-pyrrole nitrogens is 2. The molecular weight excluding hydrogens is 1020 g/mol. The average Bonchev–Trinajstić information content (AvgIpc) is 4.10. The van der Waals surface area contributed by atoms with Crippen molar-refractivity contribution in [2.45, 2.75) is 110 Å². The number of likely N-dealkylation sites (tertiary alicyclic amines) is 2. The van der Waals surface area contributed by atoms with Crippen LogP contribution in [0.25, 0.3) is 54.7 Å². The highest BCUT2D eigenvalue weighted by Gasteiger charge is 2.50. The van der Waals surface area contributed by atoms with Gasteiger partial charge in [-0.15, -0.1) is 0 Å². The summed E-state index contributed by atoms with van der Waals surface area (Å²) in [7, 11) is 1.33. The van der Waals surface area contributed by atoms with E-state index in [-0.39, 0.29) is 148 Å². The van der Waals surface area contributed by atoms with Crippen molar-refractivity contribution in [1.82, 2.24) is 35.1 Å². The van der Waals surface area contributed by atoms with Crippen molar-refractivity contribution in [2.75, 3.05) is 26.9 Å². The largest absolute Gasteiger partial charge is 0.453 e. The molecule has 3 aliphatic heterocycles. The van der Waals surface area contributed by atoms with Crippen LogP contribution in [0.4, 0.5) is 4.79 Å². The summed E-state index contributed by atoms with van der Waals surface area (Å²) < 4.78 is 10.9. The molecule has 3 N–H and O–H groups in total. The minimum atomic E-state index is -0.690. The zero-order chi connectivity index (χ0) is 43.7. The van der Waals surface area contributed by atoms with E-state index in [0.29, 0.717) is 19.1 Å². The monoisotopic (exact) mass is 1090 g/mol. The summed E-state index contributed by atoms with van der Waals surface area (Å²) in [6, 6.07) is 20.8. The van der Waals surface area contributed by atoms with E-state index in [1.54, 1.807) is 0 Å². The molecule has 386 valence electrons. The Hall–Kier alpha value is -3.04. The molecule has 0 unspecified atom stereocenters. The predicted molar refractivity (Wildman–Crippen MR) is 319 cm³/mol. The predicted octanol–water partition coefficient (Wildman–Crippen LogP) is 10.8. The van der Waals surface area contributed by atoms with E-state index in [1.165, 1.54) is 13.5 Å². The number of imidazole rings is 2. The lowest BCUT2D eigenvalue weighted by molar-refractivity contribution is -0.139. The summed E-state index contributed by atoms with van der Waals surface area (Å²) in [5.74, 6) is 2.27. The van der Waals surface area contributed by atoms with Gasteiger partial charge < -0.3 is 34.6 Å². The number of aromatic nitrogens is 4. The lowest BCUT2D eigenvalue weighted by Crippen LogP contribution is -2.53. The summed E-state index contributed by atoms with van der Waals surface area (Å²) in [5, 5.41) is 7.15. The van der Waals surface area contributed by atoms with Gasteiger partial charge in [0.25, 0.3) is 0 Å². The highest BCUT2D eigenvalue weighted by molar-refractivity contribution is 7.60. The fourth-order valence-corrected chi connectivity index (χ4v) is 11.5. The van der Waals surface area contributed by atoms with Gasteiger partial charge in [0.1, 0.15) is 17.7 Å². The molecule has 0 radical (unpaired) electrons. The Morgan fingerprint density at radius 1 is 0.729 bits per heavy atom. The number of methoxy groups -OCH3 is 1. The number of nitrogens with one attached hydrogen (secondary N) is 3. The molecule has 2 aromatic heterocycles. The molecule has 0 bridgehead atoms. The fraction of sp³-hybridized carbons (Fsp3) is 0.510. The number of benzene rings is 4. The fourth-order valence-electron chi connectivity index (χ4n) is 11.5. The Balaban J connectivity index is 0.00000185. The van der Waals surface area contributed by atoms with Gasteiger partial charge in [-0.2, -0.15) is 94.5 Å². The molecule has 19 heteroatoms. The summed E-state index contributed by atoms with van der Waals surface area (Å²) in [5.41, 5.74) is 5.92. The number of rotatable bonds is 8. The lowest BCUT2D eigenvalue weighted by atomic mass is 9.80. The van der Waals surface area contributed by atoms with Crippen LogP contribution in [-0.4, -0.2) is 86.6 Å². The Labute approximate surface area is 461 Å². The minimum Gasteiger partial charge on any atom is -0.453 e. The molecule has 5 heterocycles. The van der Waals surface area contributed by atoms with Crippen molar-refractivity contribution < 1.29 is 23.9 Å². The van der Waals surface area contributed by atoms with Crippen molar-refractivity contribution in [3.63, 3.8) is 0 Å². The SMILES string of the molecule is COC(=O)N[C@H](C(=O)N1[C@H](c2nc3c(ccc4cc(-c5ccc6c(ccc7[nH]c([C@@H]8C[C@@]9(CCCOC9)CN8C(=O)[C@@H](C)C(C)C)nc76)c5)ccc43)[nH]2)C[C@@H]2CCCC[C@@H]21)C(C)C.S.S.S.S.S.S.S. The highest BCUT2D eigenvalue weighted by Crippen LogP contribution is 2.49. The highest BCUT2D eigenvalue weighted by atomic mass is 32.1. The lowest BCUT2D eigenvalue weighted by Gasteiger charge is -2.36. The van der Waals surface area contributed by atoms with E-state index < -0.39 is 12.1 Å². The van der Waals surface area contributed by atoms with Gasteiger partial charge in [0.2, 0.25) is 11.8 Å². The minimum absolute atomic E-state index is 0. The number of hydrogen-bond donors (Lipinski definition) is 3. The summed E-state index contributed by atoms with van der Waals surface area (Å²) >= 11 is 0. The van der Waals surface area contributed by atoms with Crippen LogP contribution < -0.4 is 5.32 Å². The number of hydrogen-bond acceptors (Lipinski definition) is 7. The molecule has 1 saturated carbocycles. The second-order valence-electron chi connectivity index (χ2n) is 19.9. The number of fused-ring (bicyclic) bond motifs is 7. The molecule has 6 aromatic rings. The van der Waals surface area contributed by atoms with Crippen molar-refractivity contribution in [2.24, 2.45) is 29.1 Å². The molecule has 4 fully saturated rings. The summed E-state index contributed by atoms with van der Waals surface area (Å²) in [6.07, 6.45) is 7.50. The van der Waals surface area contributed by atoms with Gasteiger partial charge in [-0.3, -0.25) is 9.59 Å². The third-order valence-corrected chi connectivity index (χ3v) is 15.3. The van der Waals surface area contributed by atoms with Gasteiger partial charge in [0.15, 0.2) is 0 Å². The van der Waals surface area contributed by atoms with Gasteiger partial charge in [-0.25, -0.2) is 14.8 Å². The van der Waals surface area contributed by atoms with Crippen LogP contribution in [0.3, 0.4) is 0 Å². The maximum absolute atomic E-state index is 14.4. The first-order chi connectivity index (χ1) is 30.4. The second-order valence-corrected chi connectivity index (χ2v) is 19.9. The van der Waals surface area contributed by atoms with Crippen LogP contribution in [-0.2, 0) is 19.1 Å². The van der Waals surface area contributed by atoms with E-state index in [4.69, 9.17) is 19.4 Å². The Kier molecular flexibility index (Phi) is 21.7. The van der Waals surface area contributed by atoms with Gasteiger partial charge in [0.05, 0.1) is 47.9 Å². The molecule has 3 saturated heterocycles. The Morgan fingerprint density at radius 3 is 1.83 bits per heavy atom. The molecule has 7 atom stereocenters. The van der Waals surface area contributed by atoms with E-state index in [0.717, 1.165) is 118 Å². The molecule has 12 nitrogen and oxygen atoms in total. The van der Waals surface area contributed by atoms with E-state index in [1.807, 2.05) is 18.7 Å². The third-order valence-electron chi connectivity index (χ3n) is 15.3. The molecule has 70 heavy (non-hydrogen) atoms. The number of aromatic amines is 2. The van der Waals surface area contributed by atoms with Gasteiger partial charge in [-0.05, 0) is 102 Å². The topological polar surface area (TPSA) is 146 Å². The van der Waals surface area contributed by atoms with Crippen molar-refractivity contribution in [3.8, 4) is 11.1 Å². The van der Waals surface area contributed by atoms with Crippen LogP contribution in [0.1, 0.15) is 110 Å². The molecule has 4 aromatic carbocycles. The number of carbonyl (C=O) groups is 3. The van der Waals surface area contributed by atoms with Crippen LogP contribution in [0.2, 0.25) is 0 Å². The molecule has 1 aliphatic carbocycles. The van der Waals surface area contributed by atoms with Gasteiger partial charge in [0, 0.05) is 41.3 Å². The Bertz CT molecular complexity index is 2760. The second kappa shape index (κ2) is 24.8. The van der Waals surface area contributed by atoms with Crippen molar-refractivity contribution >= 4 is 156 Å². The zero-order valence-electron chi connectivity index (χ0n) is 41.0. The zero-order valence-corrected chi connectivity index (χ0v) is 48.0. The molecular formula is C51H75N7O5S7. The third kappa shape index (κ3) is 11.2. The van der Waals surface area contributed by atoms with Gasteiger partial charge in [-0.1, -0.05) is 83.9 Å². The molecule has 3 amide bonds.